The topological polar surface area (TPSA) is 63.4 Å². The first kappa shape index (κ1) is 14.3. The molecular formula is C18H18N2O2. The predicted octanol–water partition coefficient (Wildman–Crippen LogP) is 2.17. The molecular weight excluding hydrogens is 276 g/mol. The Labute approximate surface area is 129 Å². The summed E-state index contributed by atoms with van der Waals surface area (Å²) in [5.41, 5.74) is 7.24. The summed E-state index contributed by atoms with van der Waals surface area (Å²) >= 11 is 0. The number of benzene rings is 2. The summed E-state index contributed by atoms with van der Waals surface area (Å²) in [6, 6.07) is 18.2. The van der Waals surface area contributed by atoms with Crippen molar-refractivity contribution in [3.05, 3.63) is 71.8 Å². The summed E-state index contributed by atoms with van der Waals surface area (Å²) in [4.78, 5) is 26.2. The van der Waals surface area contributed by atoms with E-state index in [2.05, 4.69) is 0 Å². The molecule has 4 nitrogen and oxygen atoms in total. The zero-order valence-corrected chi connectivity index (χ0v) is 12.2. The quantitative estimate of drug-likeness (QED) is 0.943. The highest BCUT2D eigenvalue weighted by atomic mass is 16.2. The van der Waals surface area contributed by atoms with Gasteiger partial charge in [0.15, 0.2) is 0 Å². The van der Waals surface area contributed by atoms with Gasteiger partial charge >= 0.3 is 0 Å². The van der Waals surface area contributed by atoms with Gasteiger partial charge in [-0.15, -0.1) is 0 Å². The number of nitrogens with zero attached hydrogens (tertiary/aromatic N) is 1. The van der Waals surface area contributed by atoms with Crippen molar-refractivity contribution in [1.82, 2.24) is 4.90 Å². The van der Waals surface area contributed by atoms with Crippen LogP contribution in [-0.4, -0.2) is 29.3 Å². The minimum atomic E-state index is -0.588. The number of amides is 2. The highest BCUT2D eigenvalue weighted by Gasteiger charge is 2.41. The lowest BCUT2D eigenvalue weighted by molar-refractivity contribution is -0.122. The zero-order valence-electron chi connectivity index (χ0n) is 12.2. The van der Waals surface area contributed by atoms with Crippen LogP contribution in [0.2, 0.25) is 0 Å². The van der Waals surface area contributed by atoms with E-state index in [1.165, 1.54) is 0 Å². The molecule has 2 amide bonds. The number of hydrogen-bond acceptors (Lipinski definition) is 2. The van der Waals surface area contributed by atoms with E-state index in [4.69, 9.17) is 5.73 Å². The molecule has 4 heteroatoms. The molecule has 1 aliphatic rings. The molecule has 0 aliphatic carbocycles. The molecule has 22 heavy (non-hydrogen) atoms. The van der Waals surface area contributed by atoms with Crippen molar-refractivity contribution in [2.45, 2.75) is 18.4 Å². The van der Waals surface area contributed by atoms with Gasteiger partial charge in [0.05, 0.1) is 0 Å². The van der Waals surface area contributed by atoms with Gasteiger partial charge in [0.25, 0.3) is 5.91 Å². The Kier molecular flexibility index (Phi) is 3.92. The van der Waals surface area contributed by atoms with Gasteiger partial charge < -0.3 is 10.6 Å². The Morgan fingerprint density at radius 2 is 1.55 bits per heavy atom. The molecule has 0 radical (unpaired) electrons. The van der Waals surface area contributed by atoms with Gasteiger partial charge in [0.1, 0.15) is 6.04 Å². The second-order valence-corrected chi connectivity index (χ2v) is 5.52. The number of rotatable bonds is 3. The average molecular weight is 294 g/mol. The van der Waals surface area contributed by atoms with Crippen LogP contribution in [0.25, 0.3) is 0 Å². The maximum absolute atomic E-state index is 12.7. The van der Waals surface area contributed by atoms with Crippen molar-refractivity contribution >= 4 is 11.8 Å². The maximum Gasteiger partial charge on any atom is 0.254 e. The van der Waals surface area contributed by atoms with Crippen LogP contribution in [0.1, 0.15) is 28.3 Å². The largest absolute Gasteiger partial charge is 0.368 e. The number of hydrogen-bond donors (Lipinski definition) is 1. The molecule has 0 unspecified atom stereocenters. The number of carbonyl (C=O) groups is 2. The lowest BCUT2D eigenvalue weighted by Gasteiger charge is -2.26. The number of nitrogens with two attached hydrogens (primary N) is 1. The Bertz CT molecular complexity index is 670. The molecule has 2 atom stereocenters. The monoisotopic (exact) mass is 294 g/mol. The molecule has 2 aromatic carbocycles. The Morgan fingerprint density at radius 1 is 0.955 bits per heavy atom. The SMILES string of the molecule is NC(=O)[C@H]1[C@H](c2ccccc2)CCN1C(=O)c1ccccc1. The van der Waals surface area contributed by atoms with Crippen molar-refractivity contribution in [2.75, 3.05) is 6.54 Å². The fourth-order valence-electron chi connectivity index (χ4n) is 3.17. The normalized spacial score (nSPS) is 20.8. The molecule has 0 aromatic heterocycles. The molecule has 0 spiro atoms. The van der Waals surface area contributed by atoms with E-state index >= 15 is 0 Å². The minimum Gasteiger partial charge on any atom is -0.368 e. The fourth-order valence-corrected chi connectivity index (χ4v) is 3.17. The summed E-state index contributed by atoms with van der Waals surface area (Å²) in [7, 11) is 0. The molecule has 0 bridgehead atoms. The van der Waals surface area contributed by atoms with E-state index in [0.717, 1.165) is 12.0 Å². The molecule has 2 aromatic rings. The summed E-state index contributed by atoms with van der Waals surface area (Å²) in [6.07, 6.45) is 0.746. The molecule has 2 N–H and O–H groups in total. The third-order valence-electron chi connectivity index (χ3n) is 4.20. The molecule has 112 valence electrons. The fraction of sp³-hybridized carbons (Fsp3) is 0.222. The van der Waals surface area contributed by atoms with E-state index in [9.17, 15) is 9.59 Å². The van der Waals surface area contributed by atoms with Crippen molar-refractivity contribution in [3.63, 3.8) is 0 Å². The van der Waals surface area contributed by atoms with Crippen LogP contribution in [-0.2, 0) is 4.79 Å². The van der Waals surface area contributed by atoms with Crippen molar-refractivity contribution in [2.24, 2.45) is 5.73 Å². The van der Waals surface area contributed by atoms with Crippen LogP contribution in [0, 0.1) is 0 Å². The third kappa shape index (κ3) is 2.60. The van der Waals surface area contributed by atoms with Crippen LogP contribution in [0.5, 0.6) is 0 Å². The highest BCUT2D eigenvalue weighted by Crippen LogP contribution is 2.34. The van der Waals surface area contributed by atoms with Crippen molar-refractivity contribution < 1.29 is 9.59 Å². The Balaban J connectivity index is 1.90. The zero-order chi connectivity index (χ0) is 15.5. The maximum atomic E-state index is 12.7. The van der Waals surface area contributed by atoms with Crippen LogP contribution < -0.4 is 5.73 Å². The van der Waals surface area contributed by atoms with Gasteiger partial charge in [-0.3, -0.25) is 9.59 Å². The molecule has 1 saturated heterocycles. The van der Waals surface area contributed by atoms with Gasteiger partial charge in [-0.25, -0.2) is 0 Å². The van der Waals surface area contributed by atoms with Crippen LogP contribution in [0.4, 0.5) is 0 Å². The second-order valence-electron chi connectivity index (χ2n) is 5.52. The Morgan fingerprint density at radius 3 is 2.14 bits per heavy atom. The van der Waals surface area contributed by atoms with Gasteiger partial charge in [-0.1, -0.05) is 48.5 Å². The minimum absolute atomic E-state index is 0.0358. The second kappa shape index (κ2) is 6.02. The van der Waals surface area contributed by atoms with Crippen molar-refractivity contribution in [3.8, 4) is 0 Å². The third-order valence-corrected chi connectivity index (χ3v) is 4.20. The smallest absolute Gasteiger partial charge is 0.254 e. The van der Waals surface area contributed by atoms with E-state index in [1.54, 1.807) is 17.0 Å². The highest BCUT2D eigenvalue weighted by molar-refractivity contribution is 5.98. The standard InChI is InChI=1S/C18H18N2O2/c19-17(21)16-15(13-7-3-1-4-8-13)11-12-20(16)18(22)14-9-5-2-6-10-14/h1-10,15-16H,11-12H2,(H2,19,21)/t15-,16+/m0/s1. The summed E-state index contributed by atoms with van der Waals surface area (Å²) in [6.45, 7) is 0.543. The summed E-state index contributed by atoms with van der Waals surface area (Å²) in [5.74, 6) is -0.621. The summed E-state index contributed by atoms with van der Waals surface area (Å²) < 4.78 is 0. The summed E-state index contributed by atoms with van der Waals surface area (Å²) in [5, 5.41) is 0. The molecule has 1 fully saturated rings. The number of carbonyl (C=O) groups excluding carboxylic acids is 2. The molecule has 1 aliphatic heterocycles. The van der Waals surface area contributed by atoms with E-state index in [-0.39, 0.29) is 11.8 Å². The van der Waals surface area contributed by atoms with Crippen LogP contribution in [0.3, 0.4) is 0 Å². The predicted molar refractivity (Wildman–Crippen MR) is 84.3 cm³/mol. The van der Waals surface area contributed by atoms with Gasteiger partial charge in [0, 0.05) is 18.0 Å². The lowest BCUT2D eigenvalue weighted by Crippen LogP contribution is -2.46. The molecule has 0 saturated carbocycles. The van der Waals surface area contributed by atoms with E-state index in [1.807, 2.05) is 48.5 Å². The Hall–Kier alpha value is -2.62. The lowest BCUT2D eigenvalue weighted by atomic mass is 9.91. The molecule has 3 rings (SSSR count). The van der Waals surface area contributed by atoms with E-state index in [0.29, 0.717) is 12.1 Å². The first-order valence-electron chi connectivity index (χ1n) is 7.39. The first-order valence-corrected chi connectivity index (χ1v) is 7.39. The van der Waals surface area contributed by atoms with Gasteiger partial charge in [-0.05, 0) is 24.1 Å². The van der Waals surface area contributed by atoms with Gasteiger partial charge in [0.2, 0.25) is 5.91 Å². The average Bonchev–Trinajstić information content (AvgIpc) is 3.01. The van der Waals surface area contributed by atoms with Crippen LogP contribution in [0.15, 0.2) is 60.7 Å². The van der Waals surface area contributed by atoms with E-state index < -0.39 is 11.9 Å². The number of likely N-dealkylation sites (tertiary alicyclic amines) is 1. The van der Waals surface area contributed by atoms with Gasteiger partial charge in [-0.2, -0.15) is 0 Å². The van der Waals surface area contributed by atoms with Crippen LogP contribution >= 0.6 is 0 Å². The number of primary amides is 1. The van der Waals surface area contributed by atoms with Crippen molar-refractivity contribution in [1.29, 1.82) is 0 Å². The first-order chi connectivity index (χ1) is 10.7. The molecule has 1 heterocycles.